The molecule has 1 atom stereocenters. The van der Waals surface area contributed by atoms with Crippen molar-refractivity contribution in [3.05, 3.63) is 58.0 Å². The first-order valence-corrected chi connectivity index (χ1v) is 7.94. The van der Waals surface area contributed by atoms with Crippen LogP contribution in [0.1, 0.15) is 29.3 Å². The molecule has 5 heteroatoms. The van der Waals surface area contributed by atoms with E-state index in [2.05, 4.69) is 11.4 Å². The summed E-state index contributed by atoms with van der Waals surface area (Å²) in [5.41, 5.74) is 0.900. The van der Waals surface area contributed by atoms with E-state index in [1.54, 1.807) is 23.5 Å². The maximum atomic E-state index is 12.8. The van der Waals surface area contributed by atoms with Crippen LogP contribution in [0.25, 0.3) is 0 Å². The minimum atomic E-state index is -0.262. The lowest BCUT2D eigenvalue weighted by atomic mass is 10.2. The van der Waals surface area contributed by atoms with Crippen LogP contribution in [-0.2, 0) is 6.54 Å². The van der Waals surface area contributed by atoms with Crippen molar-refractivity contribution in [2.45, 2.75) is 25.4 Å². The van der Waals surface area contributed by atoms with Gasteiger partial charge in [-0.15, -0.1) is 11.3 Å². The Hall–Kier alpha value is -1.88. The average molecular weight is 304 g/mol. The van der Waals surface area contributed by atoms with E-state index in [1.807, 2.05) is 16.3 Å². The van der Waals surface area contributed by atoms with Gasteiger partial charge in [-0.05, 0) is 42.0 Å². The van der Waals surface area contributed by atoms with Gasteiger partial charge in [0.1, 0.15) is 5.82 Å². The van der Waals surface area contributed by atoms with Crippen molar-refractivity contribution in [1.29, 1.82) is 0 Å². The van der Waals surface area contributed by atoms with Crippen LogP contribution in [0.15, 0.2) is 41.8 Å². The molecule has 2 amide bonds. The first-order chi connectivity index (χ1) is 10.2. The van der Waals surface area contributed by atoms with E-state index in [-0.39, 0.29) is 17.9 Å². The highest BCUT2D eigenvalue weighted by atomic mass is 32.1. The van der Waals surface area contributed by atoms with Crippen molar-refractivity contribution in [1.82, 2.24) is 10.2 Å². The number of carbonyl (C=O) groups excluding carboxylic acids is 1. The van der Waals surface area contributed by atoms with Gasteiger partial charge in [0.15, 0.2) is 0 Å². The van der Waals surface area contributed by atoms with Gasteiger partial charge in [0, 0.05) is 18.0 Å². The van der Waals surface area contributed by atoms with Gasteiger partial charge in [0.25, 0.3) is 0 Å². The number of nitrogens with zero attached hydrogens (tertiary/aromatic N) is 1. The third-order valence-electron chi connectivity index (χ3n) is 3.74. The number of thiophene rings is 1. The van der Waals surface area contributed by atoms with E-state index in [0.717, 1.165) is 24.9 Å². The number of benzene rings is 1. The van der Waals surface area contributed by atoms with Crippen molar-refractivity contribution < 1.29 is 9.18 Å². The molecule has 110 valence electrons. The Labute approximate surface area is 127 Å². The Morgan fingerprint density at radius 3 is 2.86 bits per heavy atom. The molecule has 2 heterocycles. The molecule has 1 aromatic heterocycles. The van der Waals surface area contributed by atoms with E-state index in [4.69, 9.17) is 0 Å². The molecule has 1 aromatic carbocycles. The van der Waals surface area contributed by atoms with Gasteiger partial charge >= 0.3 is 6.03 Å². The normalized spacial score (nSPS) is 18.0. The standard InChI is InChI=1S/C16H17FN2OS/c17-13-7-5-12(6-8-13)11-18-16(20)19-9-1-3-14(19)15-4-2-10-21-15/h2,4-8,10,14H,1,3,9,11H2,(H,18,20)/t14-/m1/s1. The Morgan fingerprint density at radius 1 is 1.33 bits per heavy atom. The monoisotopic (exact) mass is 304 g/mol. The molecule has 1 aliphatic heterocycles. The third kappa shape index (κ3) is 3.24. The molecule has 2 aromatic rings. The Balaban J connectivity index is 1.61. The molecule has 0 unspecified atom stereocenters. The third-order valence-corrected chi connectivity index (χ3v) is 4.72. The molecule has 3 nitrogen and oxygen atoms in total. The number of hydrogen-bond acceptors (Lipinski definition) is 2. The minimum Gasteiger partial charge on any atom is -0.334 e. The molecule has 0 bridgehead atoms. The number of hydrogen-bond donors (Lipinski definition) is 1. The smallest absolute Gasteiger partial charge is 0.318 e. The van der Waals surface area contributed by atoms with Crippen LogP contribution in [0.3, 0.4) is 0 Å². The van der Waals surface area contributed by atoms with Crippen LogP contribution in [0.5, 0.6) is 0 Å². The van der Waals surface area contributed by atoms with Gasteiger partial charge in [-0.2, -0.15) is 0 Å². The van der Waals surface area contributed by atoms with Crippen LogP contribution in [0.4, 0.5) is 9.18 Å². The van der Waals surface area contributed by atoms with Crippen LogP contribution >= 0.6 is 11.3 Å². The summed E-state index contributed by atoms with van der Waals surface area (Å²) in [6, 6.07) is 10.5. The lowest BCUT2D eigenvalue weighted by Gasteiger charge is -2.24. The van der Waals surface area contributed by atoms with Gasteiger partial charge in [0.05, 0.1) is 6.04 Å². The second-order valence-corrected chi connectivity index (χ2v) is 6.13. The fourth-order valence-corrected chi connectivity index (χ4v) is 3.54. The maximum absolute atomic E-state index is 12.8. The number of likely N-dealkylation sites (tertiary alicyclic amines) is 1. The summed E-state index contributed by atoms with van der Waals surface area (Å²) in [6.07, 6.45) is 2.05. The SMILES string of the molecule is O=C(NCc1ccc(F)cc1)N1CCC[C@@H]1c1cccs1. The highest BCUT2D eigenvalue weighted by Crippen LogP contribution is 2.34. The Bertz CT molecular complexity index is 597. The summed E-state index contributed by atoms with van der Waals surface area (Å²) in [5.74, 6) is -0.262. The van der Waals surface area contributed by atoms with Crippen LogP contribution in [0.2, 0.25) is 0 Å². The van der Waals surface area contributed by atoms with Crippen LogP contribution < -0.4 is 5.32 Å². The number of rotatable bonds is 3. The van der Waals surface area contributed by atoms with Crippen molar-refractivity contribution in [2.24, 2.45) is 0 Å². The minimum absolute atomic E-state index is 0.0461. The highest BCUT2D eigenvalue weighted by Gasteiger charge is 2.30. The lowest BCUT2D eigenvalue weighted by Crippen LogP contribution is -2.38. The fourth-order valence-electron chi connectivity index (χ4n) is 2.67. The van der Waals surface area contributed by atoms with Crippen molar-refractivity contribution in [3.63, 3.8) is 0 Å². The number of nitrogens with one attached hydrogen (secondary N) is 1. The van der Waals surface area contributed by atoms with E-state index in [1.165, 1.54) is 17.0 Å². The summed E-state index contributed by atoms with van der Waals surface area (Å²) in [4.78, 5) is 15.5. The van der Waals surface area contributed by atoms with E-state index in [0.29, 0.717) is 6.54 Å². The number of urea groups is 1. The molecular weight excluding hydrogens is 287 g/mol. The predicted octanol–water partition coefficient (Wildman–Crippen LogP) is 3.93. The van der Waals surface area contributed by atoms with Crippen molar-refractivity contribution in [2.75, 3.05) is 6.54 Å². The largest absolute Gasteiger partial charge is 0.334 e. The number of halogens is 1. The fraction of sp³-hybridized carbons (Fsp3) is 0.312. The van der Waals surface area contributed by atoms with Gasteiger partial charge in [0.2, 0.25) is 0 Å². The van der Waals surface area contributed by atoms with Crippen molar-refractivity contribution in [3.8, 4) is 0 Å². The maximum Gasteiger partial charge on any atom is 0.318 e. The van der Waals surface area contributed by atoms with E-state index >= 15 is 0 Å². The molecule has 21 heavy (non-hydrogen) atoms. The van der Waals surface area contributed by atoms with Gasteiger partial charge in [-0.1, -0.05) is 18.2 Å². The lowest BCUT2D eigenvalue weighted by molar-refractivity contribution is 0.193. The van der Waals surface area contributed by atoms with E-state index in [9.17, 15) is 9.18 Å². The second-order valence-electron chi connectivity index (χ2n) is 5.15. The Morgan fingerprint density at radius 2 is 2.14 bits per heavy atom. The molecular formula is C16H17FN2OS. The predicted molar refractivity (Wildman–Crippen MR) is 81.6 cm³/mol. The van der Waals surface area contributed by atoms with Crippen LogP contribution in [-0.4, -0.2) is 17.5 Å². The van der Waals surface area contributed by atoms with Gasteiger partial charge < -0.3 is 10.2 Å². The second kappa shape index (κ2) is 6.26. The Kier molecular flexibility index (Phi) is 4.20. The summed E-state index contributed by atoms with van der Waals surface area (Å²) in [7, 11) is 0. The highest BCUT2D eigenvalue weighted by molar-refractivity contribution is 7.10. The molecule has 1 aliphatic rings. The average Bonchev–Trinajstić information content (AvgIpc) is 3.16. The number of carbonyl (C=O) groups is 1. The van der Waals surface area contributed by atoms with Gasteiger partial charge in [-0.3, -0.25) is 0 Å². The van der Waals surface area contributed by atoms with Crippen LogP contribution in [0, 0.1) is 5.82 Å². The zero-order valence-corrected chi connectivity index (χ0v) is 12.4. The molecule has 0 radical (unpaired) electrons. The molecule has 1 N–H and O–H groups in total. The number of amides is 2. The van der Waals surface area contributed by atoms with Crippen molar-refractivity contribution >= 4 is 17.4 Å². The first kappa shape index (κ1) is 14.1. The zero-order chi connectivity index (χ0) is 14.7. The summed E-state index contributed by atoms with van der Waals surface area (Å²) in [6.45, 7) is 1.21. The van der Waals surface area contributed by atoms with Gasteiger partial charge in [-0.25, -0.2) is 9.18 Å². The summed E-state index contributed by atoms with van der Waals surface area (Å²) < 4.78 is 12.8. The molecule has 0 spiro atoms. The topological polar surface area (TPSA) is 32.3 Å². The zero-order valence-electron chi connectivity index (χ0n) is 11.6. The molecule has 1 fully saturated rings. The summed E-state index contributed by atoms with van der Waals surface area (Å²) in [5, 5.41) is 4.97. The molecule has 0 saturated carbocycles. The molecule has 3 rings (SSSR count). The van der Waals surface area contributed by atoms with E-state index < -0.39 is 0 Å². The quantitative estimate of drug-likeness (QED) is 0.915. The summed E-state index contributed by atoms with van der Waals surface area (Å²) >= 11 is 1.69. The molecule has 1 saturated heterocycles. The first-order valence-electron chi connectivity index (χ1n) is 7.06. The molecule has 0 aliphatic carbocycles.